The number of ketones is 1. The average molecular weight is 231 g/mol. The van der Waals surface area contributed by atoms with E-state index in [0.29, 0.717) is 5.56 Å². The smallest absolute Gasteiger partial charge is 0.309 e. The van der Waals surface area contributed by atoms with Gasteiger partial charge < -0.3 is 9.72 Å². The number of rotatable bonds is 3. The van der Waals surface area contributed by atoms with E-state index in [1.54, 1.807) is 6.20 Å². The number of aromatic nitrogens is 1. The first-order chi connectivity index (χ1) is 8.11. The molecule has 0 bridgehead atoms. The van der Waals surface area contributed by atoms with E-state index < -0.39 is 0 Å². The van der Waals surface area contributed by atoms with Crippen LogP contribution in [-0.4, -0.2) is 23.8 Å². The van der Waals surface area contributed by atoms with Crippen LogP contribution in [0.4, 0.5) is 0 Å². The van der Waals surface area contributed by atoms with Gasteiger partial charge in [0.2, 0.25) is 0 Å². The van der Waals surface area contributed by atoms with Crippen LogP contribution in [0, 0.1) is 0 Å². The van der Waals surface area contributed by atoms with Crippen molar-refractivity contribution >= 4 is 22.7 Å². The fraction of sp³-hybridized carbons (Fsp3) is 0.231. The number of carbonyl (C=O) groups excluding carboxylic acids is 2. The lowest BCUT2D eigenvalue weighted by molar-refractivity contribution is -0.139. The van der Waals surface area contributed by atoms with Crippen LogP contribution in [0.5, 0.6) is 0 Å². The molecule has 0 aliphatic heterocycles. The molecule has 1 heterocycles. The molecule has 1 aromatic heterocycles. The molecule has 1 aromatic carbocycles. The Hall–Kier alpha value is -2.10. The Balaban J connectivity index is 2.39. The largest absolute Gasteiger partial charge is 0.469 e. The maximum absolute atomic E-state index is 11.3. The SMILES string of the molecule is COC(=O)Cc1ccc2c(C(C)=O)c[nH]c2c1. The quantitative estimate of drug-likeness (QED) is 0.650. The standard InChI is InChI=1S/C13H13NO3/c1-8(15)11-7-14-12-5-9(3-4-10(11)12)6-13(16)17-2/h3-5,7,14H,6H2,1-2H3. The van der Waals surface area contributed by atoms with Crippen LogP contribution in [0.25, 0.3) is 10.9 Å². The van der Waals surface area contributed by atoms with Crippen LogP contribution >= 0.6 is 0 Å². The van der Waals surface area contributed by atoms with Crippen LogP contribution in [0.15, 0.2) is 24.4 Å². The number of esters is 1. The van der Waals surface area contributed by atoms with Gasteiger partial charge in [0.15, 0.2) is 5.78 Å². The Bertz CT molecular complexity index is 583. The van der Waals surface area contributed by atoms with Crippen molar-refractivity contribution in [3.8, 4) is 0 Å². The zero-order chi connectivity index (χ0) is 12.4. The molecule has 0 fully saturated rings. The summed E-state index contributed by atoms with van der Waals surface area (Å²) in [6.07, 6.45) is 1.93. The number of nitrogens with one attached hydrogen (secondary N) is 1. The molecule has 1 N–H and O–H groups in total. The number of carbonyl (C=O) groups is 2. The number of methoxy groups -OCH3 is 1. The summed E-state index contributed by atoms with van der Waals surface area (Å²) in [6, 6.07) is 5.54. The van der Waals surface area contributed by atoms with Gasteiger partial charge in [-0.05, 0) is 18.6 Å². The lowest BCUT2D eigenvalue weighted by atomic mass is 10.1. The number of H-pyrrole nitrogens is 1. The predicted octanol–water partition coefficient (Wildman–Crippen LogP) is 2.09. The minimum absolute atomic E-state index is 0.0250. The van der Waals surface area contributed by atoms with Crippen molar-refractivity contribution in [2.24, 2.45) is 0 Å². The first kappa shape index (κ1) is 11.4. The van der Waals surface area contributed by atoms with Crippen molar-refractivity contribution in [2.75, 3.05) is 7.11 Å². The summed E-state index contributed by atoms with van der Waals surface area (Å²) < 4.78 is 4.61. The molecule has 0 radical (unpaired) electrons. The average Bonchev–Trinajstić information content (AvgIpc) is 2.71. The van der Waals surface area contributed by atoms with E-state index in [2.05, 4.69) is 9.72 Å². The lowest BCUT2D eigenvalue weighted by Gasteiger charge is -2.00. The maximum atomic E-state index is 11.3. The normalized spacial score (nSPS) is 10.5. The van der Waals surface area contributed by atoms with E-state index in [1.165, 1.54) is 14.0 Å². The van der Waals surface area contributed by atoms with Crippen LogP contribution in [0.3, 0.4) is 0 Å². The van der Waals surface area contributed by atoms with Crippen LogP contribution in [-0.2, 0) is 16.0 Å². The maximum Gasteiger partial charge on any atom is 0.309 e. The topological polar surface area (TPSA) is 59.2 Å². The molecule has 4 heteroatoms. The Morgan fingerprint density at radius 3 is 2.76 bits per heavy atom. The molecule has 0 spiro atoms. The second-order valence-electron chi connectivity index (χ2n) is 3.89. The summed E-state index contributed by atoms with van der Waals surface area (Å²) >= 11 is 0. The van der Waals surface area contributed by atoms with E-state index in [1.807, 2.05) is 18.2 Å². The van der Waals surface area contributed by atoms with Crippen LogP contribution < -0.4 is 0 Å². The van der Waals surface area contributed by atoms with Gasteiger partial charge in [0.1, 0.15) is 0 Å². The van der Waals surface area contributed by atoms with Crippen molar-refractivity contribution < 1.29 is 14.3 Å². The molecule has 0 atom stereocenters. The molecule has 0 aliphatic carbocycles. The molecule has 2 aromatic rings. The van der Waals surface area contributed by atoms with Crippen molar-refractivity contribution in [1.82, 2.24) is 4.98 Å². The van der Waals surface area contributed by atoms with Gasteiger partial charge in [0.25, 0.3) is 0 Å². The lowest BCUT2D eigenvalue weighted by Crippen LogP contribution is -2.04. The van der Waals surface area contributed by atoms with E-state index in [9.17, 15) is 9.59 Å². The number of benzene rings is 1. The van der Waals surface area contributed by atoms with Gasteiger partial charge in [-0.3, -0.25) is 9.59 Å². The summed E-state index contributed by atoms with van der Waals surface area (Å²) in [4.78, 5) is 25.5. The Morgan fingerprint density at radius 2 is 2.12 bits per heavy atom. The molecule has 0 amide bonds. The highest BCUT2D eigenvalue weighted by atomic mass is 16.5. The van der Waals surface area contributed by atoms with Gasteiger partial charge >= 0.3 is 5.97 Å². The number of aromatic amines is 1. The first-order valence-corrected chi connectivity index (χ1v) is 5.29. The molecule has 2 rings (SSSR count). The van der Waals surface area contributed by atoms with Gasteiger partial charge in [-0.1, -0.05) is 12.1 Å². The summed E-state index contributed by atoms with van der Waals surface area (Å²) in [5, 5.41) is 0.881. The second kappa shape index (κ2) is 4.41. The van der Waals surface area contributed by atoms with E-state index >= 15 is 0 Å². The molecule has 0 unspecified atom stereocenters. The summed E-state index contributed by atoms with van der Waals surface area (Å²) in [5.41, 5.74) is 2.39. The highest BCUT2D eigenvalue weighted by Gasteiger charge is 2.09. The molecule has 4 nitrogen and oxygen atoms in total. The van der Waals surface area contributed by atoms with E-state index in [-0.39, 0.29) is 18.2 Å². The fourth-order valence-electron chi connectivity index (χ4n) is 1.81. The number of Topliss-reactive ketones (excluding diaryl/α,β-unsaturated/α-hetero) is 1. The first-order valence-electron chi connectivity index (χ1n) is 5.29. The third kappa shape index (κ3) is 2.20. The zero-order valence-corrected chi connectivity index (χ0v) is 9.74. The number of fused-ring (bicyclic) bond motifs is 1. The molecule has 17 heavy (non-hydrogen) atoms. The minimum atomic E-state index is -0.275. The Morgan fingerprint density at radius 1 is 1.35 bits per heavy atom. The second-order valence-corrected chi connectivity index (χ2v) is 3.89. The van der Waals surface area contributed by atoms with Gasteiger partial charge in [0, 0.05) is 22.7 Å². The van der Waals surface area contributed by atoms with Gasteiger partial charge in [0.05, 0.1) is 13.5 Å². The number of ether oxygens (including phenoxy) is 1. The van der Waals surface area contributed by atoms with Crippen molar-refractivity contribution in [3.63, 3.8) is 0 Å². The third-order valence-electron chi connectivity index (χ3n) is 2.70. The zero-order valence-electron chi connectivity index (χ0n) is 9.74. The number of hydrogen-bond donors (Lipinski definition) is 1. The Kier molecular flexibility index (Phi) is 2.95. The van der Waals surface area contributed by atoms with Crippen LogP contribution in [0.2, 0.25) is 0 Å². The molecular formula is C13H13NO3. The van der Waals surface area contributed by atoms with E-state index in [0.717, 1.165) is 16.5 Å². The predicted molar refractivity (Wildman–Crippen MR) is 64.0 cm³/mol. The highest BCUT2D eigenvalue weighted by molar-refractivity contribution is 6.06. The molecule has 0 aliphatic rings. The summed E-state index contributed by atoms with van der Waals surface area (Å²) in [7, 11) is 1.36. The third-order valence-corrected chi connectivity index (χ3v) is 2.70. The van der Waals surface area contributed by atoms with Crippen molar-refractivity contribution in [1.29, 1.82) is 0 Å². The molecular weight excluding hydrogens is 218 g/mol. The van der Waals surface area contributed by atoms with Crippen molar-refractivity contribution in [3.05, 3.63) is 35.5 Å². The Labute approximate surface area is 98.6 Å². The van der Waals surface area contributed by atoms with Gasteiger partial charge in [-0.25, -0.2) is 0 Å². The fourth-order valence-corrected chi connectivity index (χ4v) is 1.81. The van der Waals surface area contributed by atoms with Gasteiger partial charge in [-0.2, -0.15) is 0 Å². The van der Waals surface area contributed by atoms with Gasteiger partial charge in [-0.15, -0.1) is 0 Å². The van der Waals surface area contributed by atoms with E-state index in [4.69, 9.17) is 0 Å². The van der Waals surface area contributed by atoms with Crippen LogP contribution in [0.1, 0.15) is 22.8 Å². The molecule has 0 saturated heterocycles. The monoisotopic (exact) mass is 231 g/mol. The molecule has 0 saturated carbocycles. The number of hydrogen-bond acceptors (Lipinski definition) is 3. The minimum Gasteiger partial charge on any atom is -0.469 e. The highest BCUT2D eigenvalue weighted by Crippen LogP contribution is 2.20. The summed E-state index contributed by atoms with van der Waals surface area (Å²) in [5.74, 6) is -0.250. The summed E-state index contributed by atoms with van der Waals surface area (Å²) in [6.45, 7) is 1.53. The van der Waals surface area contributed by atoms with Crippen molar-refractivity contribution in [2.45, 2.75) is 13.3 Å². The molecule has 88 valence electrons.